The molecule has 1 saturated heterocycles. The van der Waals surface area contributed by atoms with Crippen LogP contribution >= 0.6 is 0 Å². The van der Waals surface area contributed by atoms with Crippen molar-refractivity contribution >= 4 is 17.6 Å². The van der Waals surface area contributed by atoms with Crippen LogP contribution in [-0.4, -0.2) is 75.7 Å². The van der Waals surface area contributed by atoms with E-state index in [1.54, 1.807) is 0 Å². The number of halogens is 4. The topological polar surface area (TPSA) is 145 Å². The van der Waals surface area contributed by atoms with Crippen molar-refractivity contribution in [2.45, 2.75) is 44.6 Å². The van der Waals surface area contributed by atoms with Crippen LogP contribution in [0.1, 0.15) is 32.7 Å². The third kappa shape index (κ3) is 6.33. The zero-order valence-corrected chi connectivity index (χ0v) is 24.2. The summed E-state index contributed by atoms with van der Waals surface area (Å²) in [7, 11) is 1.54. The molecule has 0 saturated carbocycles. The van der Waals surface area contributed by atoms with E-state index in [9.17, 15) is 37.5 Å². The molecule has 2 N–H and O–H groups in total. The summed E-state index contributed by atoms with van der Waals surface area (Å²) in [5.74, 6) is -3.63. The van der Waals surface area contributed by atoms with Gasteiger partial charge in [-0.15, -0.1) is 0 Å². The van der Waals surface area contributed by atoms with Crippen molar-refractivity contribution in [3.8, 4) is 5.82 Å². The third-order valence-corrected chi connectivity index (χ3v) is 7.84. The van der Waals surface area contributed by atoms with Crippen LogP contribution in [-0.2, 0) is 40.8 Å². The van der Waals surface area contributed by atoms with Gasteiger partial charge in [-0.3, -0.25) is 14.2 Å². The van der Waals surface area contributed by atoms with Crippen LogP contribution in [0.3, 0.4) is 0 Å². The molecule has 1 fully saturated rings. The van der Waals surface area contributed by atoms with E-state index in [2.05, 4.69) is 10.3 Å². The molecule has 2 atom stereocenters. The Labute approximate surface area is 252 Å². The van der Waals surface area contributed by atoms with Gasteiger partial charge in [-0.25, -0.2) is 23.5 Å². The van der Waals surface area contributed by atoms with Gasteiger partial charge in [0.1, 0.15) is 23.7 Å². The maximum Gasteiger partial charge on any atom is 0.411 e. The number of pyridine rings is 1. The van der Waals surface area contributed by atoms with Crippen molar-refractivity contribution in [3.05, 3.63) is 85.1 Å². The Morgan fingerprint density at radius 3 is 2.58 bits per heavy atom. The number of ether oxygens (including phenoxy) is 2. The number of carboxylic acids is 1. The number of anilines is 1. The Hall–Kier alpha value is -4.57. The number of aliphatic carboxylic acids is 1. The van der Waals surface area contributed by atoms with E-state index in [0.717, 1.165) is 15.5 Å². The lowest BCUT2D eigenvalue weighted by Gasteiger charge is -2.38. The summed E-state index contributed by atoms with van der Waals surface area (Å²) in [4.78, 5) is 56.2. The van der Waals surface area contributed by atoms with Crippen LogP contribution in [0.2, 0.25) is 0 Å². The van der Waals surface area contributed by atoms with E-state index in [-0.39, 0.29) is 43.2 Å². The van der Waals surface area contributed by atoms with Gasteiger partial charge in [0.15, 0.2) is 0 Å². The van der Waals surface area contributed by atoms with Gasteiger partial charge < -0.3 is 24.8 Å². The number of hydrogen-bond acceptors (Lipinski definition) is 8. The number of benzene rings is 1. The normalized spacial score (nSPS) is 17.5. The van der Waals surface area contributed by atoms with Crippen molar-refractivity contribution in [2.24, 2.45) is 7.05 Å². The number of alkyl halides is 3. The number of fused-ring (bicyclic) bond motifs is 1. The Balaban J connectivity index is 1.35. The van der Waals surface area contributed by atoms with E-state index in [1.807, 2.05) is 0 Å². The Morgan fingerprint density at radius 1 is 1.18 bits per heavy atom. The molecule has 4 heterocycles. The quantitative estimate of drug-likeness (QED) is 0.370. The van der Waals surface area contributed by atoms with Gasteiger partial charge in [-0.05, 0) is 36.2 Å². The molecule has 0 aliphatic carbocycles. The second-order valence-corrected chi connectivity index (χ2v) is 10.7. The standard InChI is InChI=1S/C29H29F4N5O7/c1-15-9-17(37-6-8-45-14-22(37)29(31,32)33)11-19(30)24(15)25(39)35-20(27(41)42)10-16-3-4-23(34-12-16)38-26(40)18-13-44-7-5-21(18)36(2)28(38)43/h3-4,9,11-12,20,22H,5-8,10,13-14H2,1-2H3,(H,35,39)(H,41,42)/t20-,22+/m0/s1. The highest BCUT2D eigenvalue weighted by Crippen LogP contribution is 2.33. The Morgan fingerprint density at radius 2 is 1.93 bits per heavy atom. The number of carbonyl (C=O) groups excluding carboxylic acids is 1. The molecule has 16 heteroatoms. The van der Waals surface area contributed by atoms with Crippen LogP contribution in [0.15, 0.2) is 40.1 Å². The fraction of sp³-hybridized carbons (Fsp3) is 0.414. The minimum Gasteiger partial charge on any atom is -0.480 e. The number of aromatic nitrogens is 3. The number of carbonyl (C=O) groups is 2. The van der Waals surface area contributed by atoms with Gasteiger partial charge in [0.05, 0.1) is 37.6 Å². The number of rotatable bonds is 7. The van der Waals surface area contributed by atoms with E-state index in [1.165, 1.54) is 42.9 Å². The molecular weight excluding hydrogens is 606 g/mol. The summed E-state index contributed by atoms with van der Waals surface area (Å²) in [5, 5.41) is 12.0. The molecule has 0 bridgehead atoms. The lowest BCUT2D eigenvalue weighted by atomic mass is 10.0. The van der Waals surface area contributed by atoms with Gasteiger partial charge in [0.25, 0.3) is 11.5 Å². The minimum absolute atomic E-state index is 0.000509. The fourth-order valence-corrected chi connectivity index (χ4v) is 5.52. The van der Waals surface area contributed by atoms with Crippen molar-refractivity contribution in [1.29, 1.82) is 0 Å². The summed E-state index contributed by atoms with van der Waals surface area (Å²) < 4.78 is 68.3. The number of aryl methyl sites for hydroxylation is 1. The Bertz CT molecular complexity index is 1730. The summed E-state index contributed by atoms with van der Waals surface area (Å²) in [6.45, 7) is 0.991. The van der Waals surface area contributed by atoms with Crippen molar-refractivity contribution in [3.63, 3.8) is 0 Å². The molecule has 2 aliphatic rings. The van der Waals surface area contributed by atoms with Gasteiger partial charge in [0.2, 0.25) is 0 Å². The average Bonchev–Trinajstić information content (AvgIpc) is 2.99. The van der Waals surface area contributed by atoms with Crippen LogP contribution < -0.4 is 21.5 Å². The van der Waals surface area contributed by atoms with Crippen molar-refractivity contribution in [2.75, 3.05) is 31.3 Å². The third-order valence-electron chi connectivity index (χ3n) is 7.84. The Kier molecular flexibility index (Phi) is 8.80. The van der Waals surface area contributed by atoms with Crippen LogP contribution in [0.25, 0.3) is 5.82 Å². The second-order valence-electron chi connectivity index (χ2n) is 10.7. The molecule has 0 spiro atoms. The number of nitrogens with zero attached hydrogens (tertiary/aromatic N) is 4. The summed E-state index contributed by atoms with van der Waals surface area (Å²) >= 11 is 0. The average molecular weight is 636 g/mol. The zero-order chi connectivity index (χ0) is 32.6. The summed E-state index contributed by atoms with van der Waals surface area (Å²) in [5.41, 5.74) is -0.545. The molecule has 45 heavy (non-hydrogen) atoms. The number of amides is 1. The number of morpholine rings is 1. The first kappa shape index (κ1) is 31.8. The largest absolute Gasteiger partial charge is 0.480 e. The molecule has 1 aromatic carbocycles. The summed E-state index contributed by atoms with van der Waals surface area (Å²) in [6.07, 6.45) is -3.27. The first-order valence-corrected chi connectivity index (χ1v) is 13.9. The molecule has 5 rings (SSSR count). The molecular formula is C29H29F4N5O7. The maximum atomic E-state index is 15.2. The molecule has 240 valence electrons. The highest BCUT2D eigenvalue weighted by molar-refractivity contribution is 5.98. The van der Waals surface area contributed by atoms with E-state index < -0.39 is 59.4 Å². The first-order valence-electron chi connectivity index (χ1n) is 13.9. The highest BCUT2D eigenvalue weighted by Gasteiger charge is 2.45. The predicted molar refractivity (Wildman–Crippen MR) is 150 cm³/mol. The first-order chi connectivity index (χ1) is 21.3. The van der Waals surface area contributed by atoms with Gasteiger partial charge in [-0.1, -0.05) is 6.07 Å². The van der Waals surface area contributed by atoms with Gasteiger partial charge in [0, 0.05) is 44.0 Å². The number of hydrogen-bond donors (Lipinski definition) is 2. The number of carboxylic acid groups (broad SMARTS) is 1. The summed E-state index contributed by atoms with van der Waals surface area (Å²) in [6, 6.07) is 1.30. The molecule has 1 amide bonds. The maximum absolute atomic E-state index is 15.2. The van der Waals surface area contributed by atoms with Gasteiger partial charge >= 0.3 is 17.8 Å². The lowest BCUT2D eigenvalue weighted by molar-refractivity contribution is -0.167. The highest BCUT2D eigenvalue weighted by atomic mass is 19.4. The zero-order valence-electron chi connectivity index (χ0n) is 24.2. The van der Waals surface area contributed by atoms with Crippen LogP contribution in [0.4, 0.5) is 23.2 Å². The van der Waals surface area contributed by atoms with Gasteiger partial charge in [-0.2, -0.15) is 13.2 Å². The van der Waals surface area contributed by atoms with Crippen molar-refractivity contribution in [1.82, 2.24) is 19.4 Å². The number of nitrogens with one attached hydrogen (secondary N) is 1. The lowest BCUT2D eigenvalue weighted by Crippen LogP contribution is -2.53. The predicted octanol–water partition coefficient (Wildman–Crippen LogP) is 1.64. The molecule has 2 aliphatic heterocycles. The fourth-order valence-electron chi connectivity index (χ4n) is 5.52. The van der Waals surface area contributed by atoms with Crippen LogP contribution in [0.5, 0.6) is 0 Å². The monoisotopic (exact) mass is 635 g/mol. The molecule has 0 unspecified atom stereocenters. The smallest absolute Gasteiger partial charge is 0.411 e. The van der Waals surface area contributed by atoms with E-state index in [0.29, 0.717) is 29.8 Å². The van der Waals surface area contributed by atoms with Crippen LogP contribution in [0, 0.1) is 12.7 Å². The SMILES string of the molecule is Cc1cc(N2CCOC[C@@H]2C(F)(F)F)cc(F)c1C(=O)N[C@@H](Cc1ccc(-n2c(=O)c3c(n(C)c2=O)CCOC3)nc1)C(=O)O. The molecule has 0 radical (unpaired) electrons. The van der Waals surface area contributed by atoms with E-state index >= 15 is 4.39 Å². The van der Waals surface area contributed by atoms with Crippen molar-refractivity contribution < 1.29 is 41.7 Å². The molecule has 2 aromatic heterocycles. The van der Waals surface area contributed by atoms with E-state index in [4.69, 9.17) is 9.47 Å². The minimum atomic E-state index is -4.64. The molecule has 12 nitrogen and oxygen atoms in total. The second kappa shape index (κ2) is 12.4. The molecule has 3 aromatic rings.